The number of halogens is 1. The smallest absolute Gasteiger partial charge is 0.327 e. The van der Waals surface area contributed by atoms with E-state index < -0.39 is 14.8 Å². The second-order valence-corrected chi connectivity index (χ2v) is 12.7. The van der Waals surface area contributed by atoms with Gasteiger partial charge in [-0.3, -0.25) is 10.2 Å². The summed E-state index contributed by atoms with van der Waals surface area (Å²) in [6.07, 6.45) is 5.79. The molecule has 2 aromatic rings. The van der Waals surface area contributed by atoms with Crippen LogP contribution in [0.25, 0.3) is 0 Å². The van der Waals surface area contributed by atoms with Crippen molar-refractivity contribution in [3.63, 3.8) is 0 Å². The summed E-state index contributed by atoms with van der Waals surface area (Å²) in [5, 5.41) is 6.93. The molecule has 4 rings (SSSR count). The van der Waals surface area contributed by atoms with E-state index in [0.29, 0.717) is 40.4 Å². The molecule has 177 valence electrons. The first-order valence-electron chi connectivity index (χ1n) is 11.5. The third-order valence-corrected chi connectivity index (χ3v) is 7.68. The zero-order valence-electron chi connectivity index (χ0n) is 20.0. The standard InChI is InChI=1S/C24H33ClN5O2Si/c1-23(2,3)17-10-12-24(13-11-17,32-33(4)5)29-21-26-14-16-15-30(22(31)28-20(16)27-21)19-9-7-6-8-18(19)25/h6-9,14,17H,10-13,15H2,1-5H3,(H2,26,27,28,29,31). The van der Waals surface area contributed by atoms with Crippen LogP contribution in [0.3, 0.4) is 0 Å². The molecular formula is C24H33ClN5O2Si. The van der Waals surface area contributed by atoms with E-state index in [1.165, 1.54) is 0 Å². The zero-order valence-corrected chi connectivity index (χ0v) is 21.8. The van der Waals surface area contributed by atoms with Crippen molar-refractivity contribution in [1.29, 1.82) is 0 Å². The van der Waals surface area contributed by atoms with Crippen LogP contribution < -0.4 is 15.5 Å². The number of carbonyl (C=O) groups excluding carboxylic acids is 1. The Kier molecular flexibility index (Phi) is 6.71. The lowest BCUT2D eigenvalue weighted by Gasteiger charge is -2.45. The Morgan fingerprint density at radius 1 is 1.24 bits per heavy atom. The number of amides is 2. The van der Waals surface area contributed by atoms with Crippen molar-refractivity contribution >= 4 is 44.1 Å². The molecule has 0 atom stereocenters. The minimum absolute atomic E-state index is 0.260. The van der Waals surface area contributed by atoms with Crippen molar-refractivity contribution in [3.8, 4) is 0 Å². The zero-order chi connectivity index (χ0) is 23.8. The number of nitrogens with one attached hydrogen (secondary N) is 2. The van der Waals surface area contributed by atoms with Crippen molar-refractivity contribution in [3.05, 3.63) is 41.0 Å². The number of benzene rings is 1. The monoisotopic (exact) mass is 486 g/mol. The van der Waals surface area contributed by atoms with E-state index in [2.05, 4.69) is 54.5 Å². The van der Waals surface area contributed by atoms with Gasteiger partial charge in [0, 0.05) is 11.8 Å². The van der Waals surface area contributed by atoms with Gasteiger partial charge in [-0.2, -0.15) is 4.98 Å². The largest absolute Gasteiger partial charge is 0.395 e. The highest BCUT2D eigenvalue weighted by molar-refractivity contribution is 6.48. The van der Waals surface area contributed by atoms with Gasteiger partial charge in [0.2, 0.25) is 15.0 Å². The molecule has 33 heavy (non-hydrogen) atoms. The molecule has 1 saturated carbocycles. The molecule has 1 fully saturated rings. The average molecular weight is 487 g/mol. The molecule has 1 aliphatic carbocycles. The Balaban J connectivity index is 1.53. The number of carbonyl (C=O) groups is 1. The summed E-state index contributed by atoms with van der Waals surface area (Å²) in [6.45, 7) is 11.6. The Hall–Kier alpha value is -2.16. The van der Waals surface area contributed by atoms with Gasteiger partial charge in [-0.25, -0.2) is 9.78 Å². The number of nitrogens with zero attached hydrogens (tertiary/aromatic N) is 3. The summed E-state index contributed by atoms with van der Waals surface area (Å²) < 4.78 is 6.50. The maximum atomic E-state index is 12.8. The van der Waals surface area contributed by atoms with Crippen molar-refractivity contribution in [2.24, 2.45) is 11.3 Å². The van der Waals surface area contributed by atoms with Gasteiger partial charge in [0.05, 0.1) is 17.3 Å². The molecule has 0 unspecified atom stereocenters. The topological polar surface area (TPSA) is 79.4 Å². The summed E-state index contributed by atoms with van der Waals surface area (Å²) in [5.74, 6) is 1.68. The van der Waals surface area contributed by atoms with Gasteiger partial charge in [-0.15, -0.1) is 0 Å². The lowest BCUT2D eigenvalue weighted by Crippen LogP contribution is -2.48. The van der Waals surface area contributed by atoms with Crippen LogP contribution in [0.15, 0.2) is 30.5 Å². The molecule has 2 N–H and O–H groups in total. The maximum Gasteiger partial charge on any atom is 0.327 e. The fraction of sp³-hybridized carbons (Fsp3) is 0.542. The molecule has 1 aliphatic heterocycles. The first-order valence-corrected chi connectivity index (χ1v) is 14.3. The number of hydrogen-bond acceptors (Lipinski definition) is 5. The van der Waals surface area contributed by atoms with Crippen molar-refractivity contribution < 1.29 is 9.22 Å². The predicted molar refractivity (Wildman–Crippen MR) is 135 cm³/mol. The molecule has 0 saturated heterocycles. The Bertz CT molecular complexity index is 1020. The molecule has 2 heterocycles. The Morgan fingerprint density at radius 3 is 2.58 bits per heavy atom. The first kappa shape index (κ1) is 24.0. The fourth-order valence-corrected chi connectivity index (χ4v) is 6.04. The van der Waals surface area contributed by atoms with Gasteiger partial charge in [-0.1, -0.05) is 44.5 Å². The van der Waals surface area contributed by atoms with Gasteiger partial charge in [-0.05, 0) is 62.2 Å². The second kappa shape index (κ2) is 9.23. The molecule has 7 nitrogen and oxygen atoms in total. The molecule has 2 aliphatic rings. The van der Waals surface area contributed by atoms with Crippen LogP contribution in [-0.2, 0) is 11.0 Å². The minimum Gasteiger partial charge on any atom is -0.395 e. The number of anilines is 3. The normalized spacial score (nSPS) is 23.3. The molecule has 1 radical (unpaired) electrons. The average Bonchev–Trinajstić information content (AvgIpc) is 2.73. The molecular weight excluding hydrogens is 454 g/mol. The highest BCUT2D eigenvalue weighted by Crippen LogP contribution is 2.43. The van der Waals surface area contributed by atoms with Crippen LogP contribution >= 0.6 is 11.6 Å². The molecule has 0 bridgehead atoms. The van der Waals surface area contributed by atoms with Gasteiger partial charge < -0.3 is 9.74 Å². The van der Waals surface area contributed by atoms with E-state index in [9.17, 15) is 4.79 Å². The first-order chi connectivity index (χ1) is 15.6. The van der Waals surface area contributed by atoms with Crippen molar-refractivity contribution in [2.45, 2.75) is 71.8 Å². The van der Waals surface area contributed by atoms with Crippen LogP contribution in [0, 0.1) is 11.3 Å². The number of para-hydroxylation sites is 1. The maximum absolute atomic E-state index is 12.8. The quantitative estimate of drug-likeness (QED) is 0.383. The highest BCUT2D eigenvalue weighted by Gasteiger charge is 2.41. The third-order valence-electron chi connectivity index (χ3n) is 6.56. The van der Waals surface area contributed by atoms with E-state index in [0.717, 1.165) is 31.2 Å². The van der Waals surface area contributed by atoms with Gasteiger partial charge in [0.25, 0.3) is 0 Å². The van der Waals surface area contributed by atoms with Crippen molar-refractivity contribution in [1.82, 2.24) is 9.97 Å². The summed E-state index contributed by atoms with van der Waals surface area (Å²) in [6, 6.07) is 7.04. The number of hydrogen-bond donors (Lipinski definition) is 2. The number of urea groups is 1. The minimum atomic E-state index is -0.937. The van der Waals surface area contributed by atoms with E-state index in [1.807, 2.05) is 18.2 Å². The van der Waals surface area contributed by atoms with Crippen LogP contribution in [0.1, 0.15) is 52.0 Å². The summed E-state index contributed by atoms with van der Waals surface area (Å²) >= 11 is 6.30. The van der Waals surface area contributed by atoms with Crippen LogP contribution in [0.4, 0.5) is 22.2 Å². The van der Waals surface area contributed by atoms with Gasteiger partial charge >= 0.3 is 6.03 Å². The lowest BCUT2D eigenvalue weighted by atomic mass is 9.70. The van der Waals surface area contributed by atoms with E-state index in [-0.39, 0.29) is 6.03 Å². The Labute approximate surface area is 203 Å². The third kappa shape index (κ3) is 5.33. The van der Waals surface area contributed by atoms with E-state index in [1.54, 1.807) is 17.2 Å². The number of fused-ring (bicyclic) bond motifs is 1. The Morgan fingerprint density at radius 2 is 1.94 bits per heavy atom. The van der Waals surface area contributed by atoms with Crippen LogP contribution in [-0.4, -0.2) is 30.8 Å². The van der Waals surface area contributed by atoms with Gasteiger partial charge in [0.1, 0.15) is 11.5 Å². The van der Waals surface area contributed by atoms with E-state index >= 15 is 0 Å². The molecule has 0 spiro atoms. The molecule has 9 heteroatoms. The molecule has 1 aromatic heterocycles. The lowest BCUT2D eigenvalue weighted by molar-refractivity contribution is 0.0169. The predicted octanol–water partition coefficient (Wildman–Crippen LogP) is 6.29. The van der Waals surface area contributed by atoms with Gasteiger partial charge in [0.15, 0.2) is 0 Å². The van der Waals surface area contributed by atoms with Crippen LogP contribution in [0.2, 0.25) is 18.1 Å². The number of rotatable bonds is 5. The summed E-state index contributed by atoms with van der Waals surface area (Å²) in [4.78, 5) is 23.6. The SMILES string of the molecule is C[Si](C)OC1(Nc2ncc3c(n2)NC(=O)N(c2ccccc2Cl)C3)CCC(C(C)(C)C)CC1. The number of aromatic nitrogens is 2. The summed E-state index contributed by atoms with van der Waals surface area (Å²) in [7, 11) is -0.937. The fourth-order valence-electron chi connectivity index (χ4n) is 4.76. The molecule has 1 aromatic carbocycles. The van der Waals surface area contributed by atoms with Crippen LogP contribution in [0.5, 0.6) is 0 Å². The van der Waals surface area contributed by atoms with Crippen molar-refractivity contribution in [2.75, 3.05) is 15.5 Å². The molecule has 2 amide bonds. The highest BCUT2D eigenvalue weighted by atomic mass is 35.5. The second-order valence-electron chi connectivity index (χ2n) is 10.3. The summed E-state index contributed by atoms with van der Waals surface area (Å²) in [5.41, 5.74) is 1.32. The van der Waals surface area contributed by atoms with E-state index in [4.69, 9.17) is 16.0 Å².